The molecule has 17 heavy (non-hydrogen) atoms. The Morgan fingerprint density at radius 1 is 1.41 bits per heavy atom. The molecule has 2 heterocycles. The van der Waals surface area contributed by atoms with Crippen LogP contribution in [0.25, 0.3) is 0 Å². The third-order valence-corrected chi connectivity index (χ3v) is 2.86. The predicted octanol–water partition coefficient (Wildman–Crippen LogP) is -0.296. The minimum absolute atomic E-state index is 0.330. The number of hydrogen-bond acceptors (Lipinski definition) is 4. The summed E-state index contributed by atoms with van der Waals surface area (Å²) in [6.45, 7) is 5.51. The van der Waals surface area contributed by atoms with E-state index in [1.54, 1.807) is 16.9 Å². The van der Waals surface area contributed by atoms with Gasteiger partial charge in [0.1, 0.15) is 5.69 Å². The summed E-state index contributed by atoms with van der Waals surface area (Å²) in [5, 5.41) is 4.09. The summed E-state index contributed by atoms with van der Waals surface area (Å²) in [5.41, 5.74) is 5.47. The van der Waals surface area contributed by atoms with Gasteiger partial charge in [-0.25, -0.2) is 0 Å². The summed E-state index contributed by atoms with van der Waals surface area (Å²) in [4.78, 5) is 13.2. The number of carbonyl (C=O) groups excluding carboxylic acids is 1. The number of ether oxygens (including phenoxy) is 1. The maximum Gasteiger partial charge on any atom is 0.269 e. The maximum absolute atomic E-state index is 10.9. The fraction of sp³-hybridized carbons (Fsp3) is 0.636. The van der Waals surface area contributed by atoms with Crippen LogP contribution in [-0.4, -0.2) is 53.4 Å². The summed E-state index contributed by atoms with van der Waals surface area (Å²) in [6, 6.07) is 1.65. The molecule has 0 saturated carbocycles. The van der Waals surface area contributed by atoms with Gasteiger partial charge in [0.05, 0.1) is 13.2 Å². The van der Waals surface area contributed by atoms with Crippen molar-refractivity contribution in [3.63, 3.8) is 0 Å². The molecule has 0 spiro atoms. The normalized spacial score (nSPS) is 17.2. The Labute approximate surface area is 100 Å². The monoisotopic (exact) mass is 238 g/mol. The molecule has 6 heteroatoms. The molecule has 1 fully saturated rings. The molecule has 0 unspecified atom stereocenters. The Kier molecular flexibility index (Phi) is 4.11. The number of carbonyl (C=O) groups is 1. The van der Waals surface area contributed by atoms with Gasteiger partial charge in [-0.2, -0.15) is 5.10 Å². The fourth-order valence-corrected chi connectivity index (χ4v) is 1.90. The van der Waals surface area contributed by atoms with Crippen molar-refractivity contribution in [1.29, 1.82) is 0 Å². The molecule has 0 aromatic carbocycles. The summed E-state index contributed by atoms with van der Waals surface area (Å²) >= 11 is 0. The first kappa shape index (κ1) is 12.1. The second-order valence-electron chi connectivity index (χ2n) is 4.14. The van der Waals surface area contributed by atoms with Crippen LogP contribution >= 0.6 is 0 Å². The largest absolute Gasteiger partial charge is 0.379 e. The number of hydrogen-bond donors (Lipinski definition) is 1. The summed E-state index contributed by atoms with van der Waals surface area (Å²) in [5.74, 6) is -0.475. The van der Waals surface area contributed by atoms with Crippen LogP contribution in [0.5, 0.6) is 0 Å². The standard InChI is InChI=1S/C11H18N4O2/c12-11(16)10-2-5-15(13-10)4-1-3-14-6-8-17-9-7-14/h2,5H,1,3-4,6-9H2,(H2,12,16). The summed E-state index contributed by atoms with van der Waals surface area (Å²) < 4.78 is 7.05. The first-order valence-electron chi connectivity index (χ1n) is 5.89. The number of primary amides is 1. The van der Waals surface area contributed by atoms with E-state index in [1.807, 2.05) is 0 Å². The van der Waals surface area contributed by atoms with Crippen LogP contribution in [0.1, 0.15) is 16.9 Å². The molecule has 1 aliphatic rings. The molecule has 2 N–H and O–H groups in total. The van der Waals surface area contributed by atoms with Crippen molar-refractivity contribution in [2.45, 2.75) is 13.0 Å². The van der Waals surface area contributed by atoms with E-state index in [2.05, 4.69) is 10.00 Å². The van der Waals surface area contributed by atoms with Crippen LogP contribution in [0, 0.1) is 0 Å². The number of morpholine rings is 1. The number of aromatic nitrogens is 2. The van der Waals surface area contributed by atoms with Gasteiger partial charge >= 0.3 is 0 Å². The first-order valence-corrected chi connectivity index (χ1v) is 5.89. The second kappa shape index (κ2) is 5.79. The number of nitrogens with zero attached hydrogens (tertiary/aromatic N) is 3. The second-order valence-corrected chi connectivity index (χ2v) is 4.14. The Morgan fingerprint density at radius 3 is 2.82 bits per heavy atom. The van der Waals surface area contributed by atoms with Crippen molar-refractivity contribution in [1.82, 2.24) is 14.7 Å². The highest BCUT2D eigenvalue weighted by Gasteiger charge is 2.09. The van der Waals surface area contributed by atoms with E-state index in [1.165, 1.54) is 0 Å². The highest BCUT2D eigenvalue weighted by molar-refractivity contribution is 5.90. The lowest BCUT2D eigenvalue weighted by Gasteiger charge is -2.26. The lowest BCUT2D eigenvalue weighted by Crippen LogP contribution is -2.37. The van der Waals surface area contributed by atoms with Crippen LogP contribution < -0.4 is 5.73 Å². The number of rotatable bonds is 5. The highest BCUT2D eigenvalue weighted by atomic mass is 16.5. The average Bonchev–Trinajstić information content (AvgIpc) is 2.79. The van der Waals surface area contributed by atoms with Gasteiger partial charge in [-0.05, 0) is 12.5 Å². The quantitative estimate of drug-likeness (QED) is 0.764. The van der Waals surface area contributed by atoms with E-state index in [4.69, 9.17) is 10.5 Å². The van der Waals surface area contributed by atoms with Crippen LogP contribution in [0.3, 0.4) is 0 Å². The van der Waals surface area contributed by atoms with Crippen LogP contribution in [0.2, 0.25) is 0 Å². The molecule has 6 nitrogen and oxygen atoms in total. The topological polar surface area (TPSA) is 73.4 Å². The average molecular weight is 238 g/mol. The molecule has 0 aliphatic carbocycles. The zero-order chi connectivity index (χ0) is 12.1. The minimum Gasteiger partial charge on any atom is -0.379 e. The zero-order valence-corrected chi connectivity index (χ0v) is 9.84. The number of aryl methyl sites for hydroxylation is 1. The Morgan fingerprint density at radius 2 is 2.18 bits per heavy atom. The zero-order valence-electron chi connectivity index (χ0n) is 9.84. The van der Waals surface area contributed by atoms with Crippen LogP contribution in [-0.2, 0) is 11.3 Å². The summed E-state index contributed by atoms with van der Waals surface area (Å²) in [7, 11) is 0. The minimum atomic E-state index is -0.475. The molecule has 1 aromatic heterocycles. The SMILES string of the molecule is NC(=O)c1ccn(CCCN2CCOCC2)n1. The lowest BCUT2D eigenvalue weighted by molar-refractivity contribution is 0.0368. The van der Waals surface area contributed by atoms with Gasteiger partial charge < -0.3 is 10.5 Å². The van der Waals surface area contributed by atoms with Gasteiger partial charge in [0.2, 0.25) is 0 Å². The van der Waals surface area contributed by atoms with E-state index < -0.39 is 5.91 Å². The van der Waals surface area contributed by atoms with E-state index in [-0.39, 0.29) is 0 Å². The molecule has 0 radical (unpaired) electrons. The molecule has 0 bridgehead atoms. The molecule has 1 amide bonds. The summed E-state index contributed by atoms with van der Waals surface area (Å²) in [6.07, 6.45) is 2.80. The predicted molar refractivity (Wildman–Crippen MR) is 62.6 cm³/mol. The van der Waals surface area contributed by atoms with Crippen LogP contribution in [0.4, 0.5) is 0 Å². The fourth-order valence-electron chi connectivity index (χ4n) is 1.90. The third kappa shape index (κ3) is 3.54. The van der Waals surface area contributed by atoms with Gasteiger partial charge in [0.15, 0.2) is 0 Å². The van der Waals surface area contributed by atoms with Crippen molar-refractivity contribution >= 4 is 5.91 Å². The maximum atomic E-state index is 10.9. The van der Waals surface area contributed by atoms with Crippen molar-refractivity contribution in [2.75, 3.05) is 32.8 Å². The van der Waals surface area contributed by atoms with Gasteiger partial charge in [0, 0.05) is 32.4 Å². The van der Waals surface area contributed by atoms with E-state index in [9.17, 15) is 4.79 Å². The van der Waals surface area contributed by atoms with E-state index >= 15 is 0 Å². The molecule has 94 valence electrons. The number of nitrogens with two attached hydrogens (primary N) is 1. The molecule has 2 rings (SSSR count). The lowest BCUT2D eigenvalue weighted by atomic mass is 10.3. The first-order chi connectivity index (χ1) is 8.25. The van der Waals surface area contributed by atoms with E-state index in [0.29, 0.717) is 5.69 Å². The molecule has 1 aliphatic heterocycles. The van der Waals surface area contributed by atoms with Crippen molar-refractivity contribution < 1.29 is 9.53 Å². The molecule has 1 aromatic rings. The Hall–Kier alpha value is -1.40. The van der Waals surface area contributed by atoms with Gasteiger partial charge in [-0.3, -0.25) is 14.4 Å². The molecular weight excluding hydrogens is 220 g/mol. The number of amides is 1. The van der Waals surface area contributed by atoms with Gasteiger partial charge in [-0.1, -0.05) is 0 Å². The Bertz CT molecular complexity index is 371. The molecule has 0 atom stereocenters. The van der Waals surface area contributed by atoms with Gasteiger partial charge in [-0.15, -0.1) is 0 Å². The smallest absolute Gasteiger partial charge is 0.269 e. The van der Waals surface area contributed by atoms with Crippen molar-refractivity contribution in [3.8, 4) is 0 Å². The third-order valence-electron chi connectivity index (χ3n) is 2.86. The van der Waals surface area contributed by atoms with Gasteiger partial charge in [0.25, 0.3) is 5.91 Å². The van der Waals surface area contributed by atoms with Crippen LogP contribution in [0.15, 0.2) is 12.3 Å². The van der Waals surface area contributed by atoms with E-state index in [0.717, 1.165) is 45.8 Å². The molecular formula is C11H18N4O2. The van der Waals surface area contributed by atoms with Crippen molar-refractivity contribution in [2.24, 2.45) is 5.73 Å². The Balaban J connectivity index is 1.71. The highest BCUT2D eigenvalue weighted by Crippen LogP contribution is 2.00. The molecule has 1 saturated heterocycles. The van der Waals surface area contributed by atoms with Crippen molar-refractivity contribution in [3.05, 3.63) is 18.0 Å².